The van der Waals surface area contributed by atoms with Crippen LogP contribution in [0.1, 0.15) is 54.2 Å². The van der Waals surface area contributed by atoms with Gasteiger partial charge in [-0.15, -0.1) is 0 Å². The van der Waals surface area contributed by atoms with Gasteiger partial charge in [0.05, 0.1) is 25.4 Å². The number of hydrogen-bond acceptors (Lipinski definition) is 6. The first-order valence-corrected chi connectivity index (χ1v) is 11.2. The highest BCUT2D eigenvalue weighted by atomic mass is 28.4. The summed E-state index contributed by atoms with van der Waals surface area (Å²) in [5.74, 6) is 0. The fourth-order valence-corrected chi connectivity index (χ4v) is 9.54. The molecule has 148 valence electrons. The van der Waals surface area contributed by atoms with Crippen LogP contribution < -0.4 is 5.56 Å². The van der Waals surface area contributed by atoms with E-state index in [2.05, 4.69) is 56.5 Å². The van der Waals surface area contributed by atoms with Gasteiger partial charge in [0, 0.05) is 16.5 Å². The molecule has 0 saturated carbocycles. The van der Waals surface area contributed by atoms with Crippen LogP contribution in [0, 0.1) is 0 Å². The normalized spacial score (nSPS) is 28.4. The van der Waals surface area contributed by atoms with Crippen molar-refractivity contribution in [3.8, 4) is 0 Å². The monoisotopic (exact) mass is 392 g/mol. The molecule has 3 atom stereocenters. The summed E-state index contributed by atoms with van der Waals surface area (Å²) in [6, 6.07) is 0. The van der Waals surface area contributed by atoms with E-state index in [0.717, 1.165) is 0 Å². The molecule has 0 spiro atoms. The van der Waals surface area contributed by atoms with E-state index in [9.17, 15) is 4.79 Å². The zero-order valence-corrected chi connectivity index (χ0v) is 17.8. The lowest BCUT2D eigenvalue weighted by molar-refractivity contribution is -0.0794. The Labute approximate surface area is 159 Å². The maximum absolute atomic E-state index is 11.9. The zero-order chi connectivity index (χ0) is 19.6. The van der Waals surface area contributed by atoms with Crippen LogP contribution in [-0.4, -0.2) is 46.9 Å². The number of imidazole rings is 1. The Bertz CT molecular complexity index is 896. The number of H-pyrrole nitrogens is 1. The molecule has 0 aromatic carbocycles. The lowest BCUT2D eigenvalue weighted by atomic mass is 10.2. The van der Waals surface area contributed by atoms with Crippen LogP contribution >= 0.6 is 0 Å². The minimum atomic E-state index is -2.52. The summed E-state index contributed by atoms with van der Waals surface area (Å²) >= 11 is 0. The molecule has 2 aliphatic rings. The molecule has 8 nitrogen and oxygen atoms in total. The van der Waals surface area contributed by atoms with Gasteiger partial charge in [-0.3, -0.25) is 9.36 Å². The Kier molecular flexibility index (Phi) is 4.16. The molecule has 0 bridgehead atoms. The first kappa shape index (κ1) is 18.8. The number of nitrogens with one attached hydrogen (secondary N) is 1. The second-order valence-electron chi connectivity index (χ2n) is 9.50. The molecule has 2 fully saturated rings. The number of nitrogens with zero attached hydrogens (tertiary/aromatic N) is 3. The van der Waals surface area contributed by atoms with Gasteiger partial charge in [0.2, 0.25) is 0 Å². The van der Waals surface area contributed by atoms with Gasteiger partial charge < -0.3 is 18.6 Å². The molecule has 2 aromatic rings. The van der Waals surface area contributed by atoms with Crippen LogP contribution in [0.3, 0.4) is 0 Å². The van der Waals surface area contributed by atoms with Crippen molar-refractivity contribution in [3.05, 3.63) is 23.0 Å². The maximum Gasteiger partial charge on any atom is 0.349 e. The smallest absolute Gasteiger partial charge is 0.349 e. The van der Waals surface area contributed by atoms with Crippen molar-refractivity contribution in [2.45, 2.75) is 76.5 Å². The van der Waals surface area contributed by atoms with E-state index in [-0.39, 0.29) is 34.1 Å². The third kappa shape index (κ3) is 2.79. The van der Waals surface area contributed by atoms with E-state index < -0.39 is 8.56 Å². The summed E-state index contributed by atoms with van der Waals surface area (Å²) in [5, 5.41) is -0.129. The molecule has 0 amide bonds. The summed E-state index contributed by atoms with van der Waals surface area (Å²) in [5.41, 5.74) is 0.598. The Morgan fingerprint density at radius 3 is 2.52 bits per heavy atom. The summed E-state index contributed by atoms with van der Waals surface area (Å²) in [4.78, 5) is 22.9. The molecule has 0 radical (unpaired) electrons. The van der Waals surface area contributed by atoms with E-state index in [4.69, 9.17) is 13.6 Å². The molecular weight excluding hydrogens is 364 g/mol. The Hall–Kier alpha value is -1.55. The summed E-state index contributed by atoms with van der Waals surface area (Å²) < 4.78 is 21.3. The predicted octanol–water partition coefficient (Wildman–Crippen LogP) is 2.86. The van der Waals surface area contributed by atoms with Gasteiger partial charge in [-0.25, -0.2) is 9.97 Å². The molecule has 27 heavy (non-hydrogen) atoms. The molecule has 2 aliphatic heterocycles. The molecule has 2 saturated heterocycles. The van der Waals surface area contributed by atoms with E-state index in [1.54, 1.807) is 6.33 Å². The lowest BCUT2D eigenvalue weighted by Gasteiger charge is -2.53. The van der Waals surface area contributed by atoms with Gasteiger partial charge in [0.15, 0.2) is 11.2 Å². The molecule has 2 aromatic heterocycles. The van der Waals surface area contributed by atoms with Crippen molar-refractivity contribution in [3.63, 3.8) is 0 Å². The van der Waals surface area contributed by atoms with Crippen LogP contribution in [-0.2, 0) is 13.6 Å². The summed E-state index contributed by atoms with van der Waals surface area (Å²) in [6.45, 7) is 13.8. The summed E-state index contributed by atoms with van der Waals surface area (Å²) in [7, 11) is -2.52. The maximum atomic E-state index is 11.9. The number of aromatic amines is 1. The number of ether oxygens (including phenoxy) is 1. The third-order valence-electron chi connectivity index (χ3n) is 5.60. The Morgan fingerprint density at radius 2 is 1.85 bits per heavy atom. The standard InChI is InChI=1S/C18H28N4O4Si/c1-17(2,3)27(18(4,5)6)24-8-12-11(26-27)7-13(25-12)22-10-21-14-15(22)19-9-20-16(14)23/h9-13H,7-8H2,1-6H3,(H,19,20,23)/t11-,12+,13+/m0/s1. The van der Waals surface area contributed by atoms with Gasteiger partial charge >= 0.3 is 8.56 Å². The SMILES string of the molecule is CC(C)(C)[Si]1(C(C)(C)C)OC[C@H]2O[C@@H](n3cnc4c(=O)[nH]cnc43)C[C@@H]2O1. The van der Waals surface area contributed by atoms with Gasteiger partial charge in [-0.05, 0) is 0 Å². The van der Waals surface area contributed by atoms with Gasteiger partial charge in [0.1, 0.15) is 12.3 Å². The van der Waals surface area contributed by atoms with Gasteiger partial charge in [-0.1, -0.05) is 41.5 Å². The average Bonchev–Trinajstić information content (AvgIpc) is 3.16. The van der Waals surface area contributed by atoms with E-state index >= 15 is 0 Å². The van der Waals surface area contributed by atoms with Crippen molar-refractivity contribution in [1.82, 2.24) is 19.5 Å². The first-order valence-electron chi connectivity index (χ1n) is 9.41. The molecule has 0 aliphatic carbocycles. The Balaban J connectivity index is 1.64. The molecule has 9 heteroatoms. The van der Waals surface area contributed by atoms with Crippen molar-refractivity contribution >= 4 is 19.7 Å². The molecule has 4 heterocycles. The fourth-order valence-electron chi connectivity index (χ4n) is 4.58. The lowest BCUT2D eigenvalue weighted by Crippen LogP contribution is -2.64. The Morgan fingerprint density at radius 1 is 1.15 bits per heavy atom. The van der Waals surface area contributed by atoms with Crippen LogP contribution in [0.2, 0.25) is 10.1 Å². The first-order chi connectivity index (χ1) is 12.5. The van der Waals surface area contributed by atoms with Crippen LogP contribution in [0.4, 0.5) is 0 Å². The molecular formula is C18H28N4O4Si. The zero-order valence-electron chi connectivity index (χ0n) is 16.8. The largest absolute Gasteiger partial charge is 0.391 e. The highest BCUT2D eigenvalue weighted by Gasteiger charge is 2.63. The fraction of sp³-hybridized carbons (Fsp3) is 0.722. The van der Waals surface area contributed by atoms with Crippen molar-refractivity contribution < 1.29 is 13.6 Å². The quantitative estimate of drug-likeness (QED) is 0.751. The second kappa shape index (κ2) is 5.97. The van der Waals surface area contributed by atoms with Crippen molar-refractivity contribution in [2.75, 3.05) is 6.61 Å². The van der Waals surface area contributed by atoms with Crippen LogP contribution in [0.5, 0.6) is 0 Å². The van der Waals surface area contributed by atoms with Gasteiger partial charge in [-0.2, -0.15) is 0 Å². The second-order valence-corrected chi connectivity index (χ2v) is 14.3. The number of rotatable bonds is 1. The molecule has 1 N–H and O–H groups in total. The van der Waals surface area contributed by atoms with E-state index in [1.165, 1.54) is 6.33 Å². The van der Waals surface area contributed by atoms with Crippen molar-refractivity contribution in [1.29, 1.82) is 0 Å². The highest BCUT2D eigenvalue weighted by molar-refractivity contribution is 6.73. The minimum Gasteiger partial charge on any atom is -0.391 e. The average molecular weight is 393 g/mol. The van der Waals surface area contributed by atoms with E-state index in [0.29, 0.717) is 24.2 Å². The topological polar surface area (TPSA) is 91.3 Å². The number of hydrogen-bond donors (Lipinski definition) is 1. The van der Waals surface area contributed by atoms with E-state index in [1.807, 2.05) is 4.57 Å². The van der Waals surface area contributed by atoms with Crippen molar-refractivity contribution in [2.24, 2.45) is 0 Å². The number of aromatic nitrogens is 4. The van der Waals surface area contributed by atoms with Crippen LogP contribution in [0.15, 0.2) is 17.4 Å². The highest BCUT2D eigenvalue weighted by Crippen LogP contribution is 2.55. The molecule has 4 rings (SSSR count). The summed E-state index contributed by atoms with van der Waals surface area (Å²) in [6.07, 6.45) is 3.27. The minimum absolute atomic E-state index is 0.0340. The predicted molar refractivity (Wildman–Crippen MR) is 103 cm³/mol. The third-order valence-corrected chi connectivity index (χ3v) is 10.8. The van der Waals surface area contributed by atoms with Crippen LogP contribution in [0.25, 0.3) is 11.2 Å². The molecule has 0 unspecified atom stereocenters. The van der Waals surface area contributed by atoms with Gasteiger partial charge in [0.25, 0.3) is 5.56 Å². The number of fused-ring (bicyclic) bond motifs is 2.